The molecule has 2 unspecified atom stereocenters. The number of nitrogens with one attached hydrogen (secondary N) is 1. The van der Waals surface area contributed by atoms with Gasteiger partial charge in [-0.1, -0.05) is 55.5 Å². The highest BCUT2D eigenvalue weighted by atomic mass is 16.5. The summed E-state index contributed by atoms with van der Waals surface area (Å²) in [5.41, 5.74) is 3.39. The van der Waals surface area contributed by atoms with Crippen molar-refractivity contribution in [3.8, 4) is 11.1 Å². The molecule has 1 heterocycles. The third kappa shape index (κ3) is 4.52. The molecule has 0 radical (unpaired) electrons. The summed E-state index contributed by atoms with van der Waals surface area (Å²) in [7, 11) is 0. The quantitative estimate of drug-likeness (QED) is 0.627. The Labute approximate surface area is 200 Å². The molecule has 2 aromatic rings. The van der Waals surface area contributed by atoms with Gasteiger partial charge in [0, 0.05) is 24.9 Å². The minimum Gasteiger partial charge on any atom is -0.480 e. The van der Waals surface area contributed by atoms with Crippen molar-refractivity contribution in [3.63, 3.8) is 0 Å². The topological polar surface area (TPSA) is 95.9 Å². The van der Waals surface area contributed by atoms with Gasteiger partial charge in [-0.15, -0.1) is 0 Å². The van der Waals surface area contributed by atoms with E-state index in [-0.39, 0.29) is 24.9 Å². The van der Waals surface area contributed by atoms with E-state index in [4.69, 9.17) is 4.74 Å². The van der Waals surface area contributed by atoms with Crippen molar-refractivity contribution < 1.29 is 24.2 Å². The Kier molecular flexibility index (Phi) is 6.91. The van der Waals surface area contributed by atoms with Crippen LogP contribution in [-0.2, 0) is 14.3 Å². The lowest BCUT2D eigenvalue weighted by atomic mass is 9.88. The van der Waals surface area contributed by atoms with Gasteiger partial charge in [0.05, 0.1) is 0 Å². The average molecular weight is 465 g/mol. The van der Waals surface area contributed by atoms with Crippen molar-refractivity contribution >= 4 is 18.0 Å². The molecule has 0 saturated carbocycles. The molecule has 34 heavy (non-hydrogen) atoms. The number of benzene rings is 2. The number of hydrogen-bond donors (Lipinski definition) is 2. The summed E-state index contributed by atoms with van der Waals surface area (Å²) < 4.78 is 5.61. The van der Waals surface area contributed by atoms with Crippen LogP contribution in [0.3, 0.4) is 0 Å². The maximum absolute atomic E-state index is 13.0. The van der Waals surface area contributed by atoms with Crippen LogP contribution in [0, 0.1) is 0 Å². The van der Waals surface area contributed by atoms with Gasteiger partial charge in [0.15, 0.2) is 0 Å². The predicted molar refractivity (Wildman–Crippen MR) is 129 cm³/mol. The maximum atomic E-state index is 13.0. The number of amides is 2. The van der Waals surface area contributed by atoms with E-state index in [1.54, 1.807) is 6.92 Å². The normalized spacial score (nSPS) is 20.2. The van der Waals surface area contributed by atoms with Crippen molar-refractivity contribution in [2.45, 2.75) is 63.5 Å². The fraction of sp³-hybridized carbons (Fsp3) is 0.444. The number of carboxylic acids is 1. The Balaban J connectivity index is 1.37. The van der Waals surface area contributed by atoms with Gasteiger partial charge in [-0.2, -0.15) is 0 Å². The van der Waals surface area contributed by atoms with E-state index in [1.807, 2.05) is 31.2 Å². The number of likely N-dealkylation sites (tertiary alicyclic amines) is 1. The second-order valence-electron chi connectivity index (χ2n) is 9.36. The molecule has 2 amide bonds. The van der Waals surface area contributed by atoms with Crippen molar-refractivity contribution in [1.29, 1.82) is 0 Å². The highest BCUT2D eigenvalue weighted by molar-refractivity contribution is 5.87. The van der Waals surface area contributed by atoms with E-state index in [0.29, 0.717) is 19.4 Å². The molecular weight excluding hydrogens is 432 g/mol. The number of piperidine rings is 1. The Bertz CT molecular complexity index is 1040. The summed E-state index contributed by atoms with van der Waals surface area (Å²) in [6.07, 6.45) is 2.01. The molecule has 2 aromatic carbocycles. The number of nitrogens with zero attached hydrogens (tertiary/aromatic N) is 1. The predicted octanol–water partition coefficient (Wildman–Crippen LogP) is 4.55. The van der Waals surface area contributed by atoms with Gasteiger partial charge in [0.1, 0.15) is 12.1 Å². The number of aliphatic carboxylic acids is 1. The van der Waals surface area contributed by atoms with Gasteiger partial charge in [-0.3, -0.25) is 4.79 Å². The summed E-state index contributed by atoms with van der Waals surface area (Å²) in [6.45, 7) is 4.11. The Morgan fingerprint density at radius 1 is 1.09 bits per heavy atom. The summed E-state index contributed by atoms with van der Waals surface area (Å²) in [5, 5.41) is 12.5. The lowest BCUT2D eigenvalue weighted by Crippen LogP contribution is -2.58. The van der Waals surface area contributed by atoms with Crippen molar-refractivity contribution in [3.05, 3.63) is 59.7 Å². The van der Waals surface area contributed by atoms with E-state index in [1.165, 1.54) is 4.90 Å². The summed E-state index contributed by atoms with van der Waals surface area (Å²) in [6, 6.07) is 15.8. The summed E-state index contributed by atoms with van der Waals surface area (Å²) in [4.78, 5) is 38.9. The fourth-order valence-corrected chi connectivity index (χ4v) is 5.17. The zero-order chi connectivity index (χ0) is 24.3. The van der Waals surface area contributed by atoms with Gasteiger partial charge >= 0.3 is 12.1 Å². The van der Waals surface area contributed by atoms with Crippen LogP contribution in [0.1, 0.15) is 63.0 Å². The van der Waals surface area contributed by atoms with Crippen molar-refractivity contribution in [2.75, 3.05) is 13.2 Å². The van der Waals surface area contributed by atoms with Crippen LogP contribution in [0.2, 0.25) is 0 Å². The van der Waals surface area contributed by atoms with Crippen LogP contribution in [0.5, 0.6) is 0 Å². The van der Waals surface area contributed by atoms with Gasteiger partial charge in [-0.05, 0) is 54.9 Å². The molecule has 2 N–H and O–H groups in total. The van der Waals surface area contributed by atoms with E-state index < -0.39 is 23.6 Å². The van der Waals surface area contributed by atoms with Crippen LogP contribution in [0.25, 0.3) is 11.1 Å². The first kappa shape index (κ1) is 23.8. The largest absolute Gasteiger partial charge is 0.480 e. The summed E-state index contributed by atoms with van der Waals surface area (Å²) in [5.74, 6) is -1.28. The molecule has 0 bridgehead atoms. The van der Waals surface area contributed by atoms with Gasteiger partial charge < -0.3 is 20.1 Å². The highest BCUT2D eigenvalue weighted by Gasteiger charge is 2.44. The van der Waals surface area contributed by atoms with Gasteiger partial charge in [-0.25, -0.2) is 9.59 Å². The molecule has 7 nitrogen and oxygen atoms in total. The van der Waals surface area contributed by atoms with E-state index >= 15 is 0 Å². The first-order valence-electron chi connectivity index (χ1n) is 12.0. The number of hydrogen-bond acceptors (Lipinski definition) is 4. The molecule has 4 rings (SSSR count). The van der Waals surface area contributed by atoms with Gasteiger partial charge in [0.2, 0.25) is 5.91 Å². The minimum absolute atomic E-state index is 0.0375. The van der Waals surface area contributed by atoms with Crippen LogP contribution >= 0.6 is 0 Å². The SMILES string of the molecule is CCC(CC(=O)N1CCCCC1(C)C(=O)O)NC(=O)OCC1c2ccccc2-c2ccccc21. The second-order valence-corrected chi connectivity index (χ2v) is 9.36. The van der Waals surface area contributed by atoms with Gasteiger partial charge in [0.25, 0.3) is 0 Å². The third-order valence-corrected chi connectivity index (χ3v) is 7.23. The molecule has 1 saturated heterocycles. The lowest BCUT2D eigenvalue weighted by molar-refractivity contribution is -0.161. The third-order valence-electron chi connectivity index (χ3n) is 7.23. The Morgan fingerprint density at radius 3 is 2.29 bits per heavy atom. The number of rotatable bonds is 7. The maximum Gasteiger partial charge on any atom is 0.407 e. The smallest absolute Gasteiger partial charge is 0.407 e. The zero-order valence-electron chi connectivity index (χ0n) is 19.8. The first-order valence-corrected chi connectivity index (χ1v) is 12.0. The highest BCUT2D eigenvalue weighted by Crippen LogP contribution is 2.44. The van der Waals surface area contributed by atoms with E-state index in [0.717, 1.165) is 35.1 Å². The van der Waals surface area contributed by atoms with Crippen molar-refractivity contribution in [1.82, 2.24) is 10.2 Å². The standard InChI is InChI=1S/C27H32N2O5/c1-3-18(16-24(30)29-15-9-8-14-27(29,2)25(31)32)28-26(33)34-17-23-21-12-6-4-10-19(21)20-11-5-7-13-22(20)23/h4-7,10-13,18,23H,3,8-9,14-17H2,1-2H3,(H,28,33)(H,31,32). The molecule has 7 heteroatoms. The number of carboxylic acid groups (broad SMARTS) is 1. The number of ether oxygens (including phenoxy) is 1. The minimum atomic E-state index is -1.20. The number of fused-ring (bicyclic) bond motifs is 3. The summed E-state index contributed by atoms with van der Waals surface area (Å²) >= 11 is 0. The number of carbonyl (C=O) groups excluding carboxylic acids is 2. The van der Waals surface area contributed by atoms with Crippen LogP contribution in [-0.4, -0.2) is 52.7 Å². The zero-order valence-corrected chi connectivity index (χ0v) is 19.8. The Morgan fingerprint density at radius 2 is 1.71 bits per heavy atom. The molecule has 0 spiro atoms. The van der Waals surface area contributed by atoms with Crippen LogP contribution in [0.15, 0.2) is 48.5 Å². The van der Waals surface area contributed by atoms with E-state index in [2.05, 4.69) is 29.6 Å². The monoisotopic (exact) mass is 464 g/mol. The van der Waals surface area contributed by atoms with E-state index in [9.17, 15) is 19.5 Å². The van der Waals surface area contributed by atoms with Crippen LogP contribution in [0.4, 0.5) is 4.79 Å². The van der Waals surface area contributed by atoms with Crippen molar-refractivity contribution in [2.24, 2.45) is 0 Å². The van der Waals surface area contributed by atoms with Crippen LogP contribution < -0.4 is 5.32 Å². The molecule has 2 atom stereocenters. The molecule has 0 aromatic heterocycles. The molecule has 1 fully saturated rings. The molecule has 2 aliphatic rings. The number of carbonyl (C=O) groups is 3. The fourth-order valence-electron chi connectivity index (χ4n) is 5.17. The number of alkyl carbamates (subject to hydrolysis) is 1. The average Bonchev–Trinajstić information content (AvgIpc) is 3.16. The molecule has 1 aliphatic heterocycles. The second kappa shape index (κ2) is 9.87. The Hall–Kier alpha value is -3.35. The first-order chi connectivity index (χ1) is 16.3. The lowest BCUT2D eigenvalue weighted by Gasteiger charge is -2.42. The molecule has 1 aliphatic carbocycles. The molecule has 180 valence electrons. The molecular formula is C27H32N2O5.